The first-order valence-corrected chi connectivity index (χ1v) is 8.84. The van der Waals surface area contributed by atoms with Crippen LogP contribution in [-0.2, 0) is 16.0 Å². The first kappa shape index (κ1) is 20.5. The van der Waals surface area contributed by atoms with Crippen molar-refractivity contribution in [1.82, 2.24) is 14.8 Å². The Morgan fingerprint density at radius 1 is 1.33 bits per heavy atom. The van der Waals surface area contributed by atoms with Crippen LogP contribution in [0.25, 0.3) is 0 Å². The molecule has 0 unspecified atom stereocenters. The number of carboxylic acid groups (broad SMARTS) is 1. The molecule has 1 aromatic rings. The van der Waals surface area contributed by atoms with E-state index in [-0.39, 0.29) is 12.5 Å². The predicted octanol–water partition coefficient (Wildman–Crippen LogP) is 2.18. The molecule has 2 N–H and O–H groups in total. The Bertz CT molecular complexity index is 701. The first-order chi connectivity index (χ1) is 12.7. The smallest absolute Gasteiger partial charge is 0.412 e. The first-order valence-electron chi connectivity index (χ1n) is 8.84. The lowest BCUT2D eigenvalue weighted by Crippen LogP contribution is -2.52. The molecule has 0 aromatic carbocycles. The second-order valence-corrected chi connectivity index (χ2v) is 7.35. The summed E-state index contributed by atoms with van der Waals surface area (Å²) in [5, 5.41) is 11.7. The molecule has 0 aliphatic carbocycles. The van der Waals surface area contributed by atoms with Gasteiger partial charge in [-0.2, -0.15) is 0 Å². The summed E-state index contributed by atoms with van der Waals surface area (Å²) in [6, 6.07) is 1.70. The molecule has 0 spiro atoms. The molecule has 0 saturated carbocycles. The molecule has 3 amide bonds. The van der Waals surface area contributed by atoms with Gasteiger partial charge in [0.2, 0.25) is 5.91 Å². The van der Waals surface area contributed by atoms with Crippen LogP contribution in [0, 0.1) is 0 Å². The molecule has 1 aromatic heterocycles. The Balaban J connectivity index is 1.87. The van der Waals surface area contributed by atoms with E-state index in [1.165, 1.54) is 0 Å². The zero-order chi connectivity index (χ0) is 20.0. The number of hydrogen-bond donors (Lipinski definition) is 2. The van der Waals surface area contributed by atoms with Crippen LogP contribution in [0.2, 0.25) is 0 Å². The number of carbonyl (C=O) groups excluding carboxylic acids is 2. The van der Waals surface area contributed by atoms with E-state index in [0.29, 0.717) is 38.2 Å². The van der Waals surface area contributed by atoms with Crippen LogP contribution in [-0.4, -0.2) is 69.8 Å². The van der Waals surface area contributed by atoms with Gasteiger partial charge in [0.15, 0.2) is 0 Å². The molecular weight excluding hydrogens is 352 g/mol. The number of nitrogens with one attached hydrogen (secondary N) is 1. The van der Waals surface area contributed by atoms with Gasteiger partial charge in [-0.15, -0.1) is 0 Å². The Hall–Kier alpha value is -2.84. The SMILES string of the molecule is CC(C)(C)OC(=O)Nc1ccncc1CCCN1CCN(C(=O)O)CC1=O. The molecule has 9 heteroatoms. The molecular formula is C18H26N4O5. The summed E-state index contributed by atoms with van der Waals surface area (Å²) in [5.41, 5.74) is 0.886. The summed E-state index contributed by atoms with van der Waals surface area (Å²) in [5.74, 6) is -0.193. The summed E-state index contributed by atoms with van der Waals surface area (Å²) in [7, 11) is 0. The maximum absolute atomic E-state index is 12.0. The topological polar surface area (TPSA) is 112 Å². The molecule has 0 atom stereocenters. The Kier molecular flexibility index (Phi) is 6.59. The van der Waals surface area contributed by atoms with Crippen molar-refractivity contribution in [2.45, 2.75) is 39.2 Å². The van der Waals surface area contributed by atoms with Crippen LogP contribution >= 0.6 is 0 Å². The third kappa shape index (κ3) is 6.43. The second-order valence-electron chi connectivity index (χ2n) is 7.35. The highest BCUT2D eigenvalue weighted by Crippen LogP contribution is 2.18. The van der Waals surface area contributed by atoms with Gasteiger partial charge in [0, 0.05) is 32.0 Å². The molecule has 1 saturated heterocycles. The van der Waals surface area contributed by atoms with Crippen molar-refractivity contribution in [3.63, 3.8) is 0 Å². The number of ether oxygens (including phenoxy) is 1. The molecule has 0 bridgehead atoms. The average molecular weight is 378 g/mol. The molecule has 1 aliphatic rings. The maximum Gasteiger partial charge on any atom is 0.412 e. The number of anilines is 1. The van der Waals surface area contributed by atoms with Gasteiger partial charge in [0.25, 0.3) is 0 Å². The number of amides is 3. The number of rotatable bonds is 5. The van der Waals surface area contributed by atoms with Gasteiger partial charge in [-0.1, -0.05) is 0 Å². The quantitative estimate of drug-likeness (QED) is 0.812. The number of nitrogens with zero attached hydrogens (tertiary/aromatic N) is 3. The van der Waals surface area contributed by atoms with E-state index in [4.69, 9.17) is 9.84 Å². The van der Waals surface area contributed by atoms with Crippen LogP contribution in [0.4, 0.5) is 15.3 Å². The summed E-state index contributed by atoms with van der Waals surface area (Å²) in [4.78, 5) is 41.8. The Labute approximate surface area is 158 Å². The lowest BCUT2D eigenvalue weighted by molar-refractivity contribution is -0.135. The summed E-state index contributed by atoms with van der Waals surface area (Å²) in [6.07, 6.45) is 2.95. The monoisotopic (exact) mass is 378 g/mol. The number of aryl methyl sites for hydroxylation is 1. The highest BCUT2D eigenvalue weighted by molar-refractivity contribution is 5.86. The zero-order valence-corrected chi connectivity index (χ0v) is 15.9. The molecule has 2 heterocycles. The second kappa shape index (κ2) is 8.70. The number of hydrogen-bond acceptors (Lipinski definition) is 5. The van der Waals surface area contributed by atoms with Gasteiger partial charge in [-0.3, -0.25) is 20.0 Å². The minimum absolute atomic E-state index is 0.103. The number of pyridine rings is 1. The highest BCUT2D eigenvalue weighted by Gasteiger charge is 2.26. The fourth-order valence-electron chi connectivity index (χ4n) is 2.73. The summed E-state index contributed by atoms with van der Waals surface area (Å²) < 4.78 is 5.26. The Morgan fingerprint density at radius 3 is 2.70 bits per heavy atom. The number of carbonyl (C=O) groups is 3. The zero-order valence-electron chi connectivity index (χ0n) is 15.9. The standard InChI is InChI=1S/C18H26N4O5/c1-18(2,3)27-16(24)20-14-6-7-19-11-13(14)5-4-8-21-9-10-22(17(25)26)12-15(21)23/h6-7,11H,4-5,8-10,12H2,1-3H3,(H,25,26)(H,19,20,24). The molecule has 2 rings (SSSR count). The third-order valence-corrected chi connectivity index (χ3v) is 4.00. The minimum Gasteiger partial charge on any atom is -0.465 e. The molecule has 9 nitrogen and oxygen atoms in total. The van der Waals surface area contributed by atoms with Crippen molar-refractivity contribution in [3.8, 4) is 0 Å². The van der Waals surface area contributed by atoms with E-state index >= 15 is 0 Å². The van der Waals surface area contributed by atoms with Crippen molar-refractivity contribution in [2.24, 2.45) is 0 Å². The number of aromatic nitrogens is 1. The molecule has 27 heavy (non-hydrogen) atoms. The molecule has 1 aliphatic heterocycles. The largest absolute Gasteiger partial charge is 0.465 e. The van der Waals surface area contributed by atoms with Crippen molar-refractivity contribution >= 4 is 23.8 Å². The highest BCUT2D eigenvalue weighted by atomic mass is 16.6. The summed E-state index contributed by atoms with van der Waals surface area (Å²) in [6.45, 7) is 6.50. The van der Waals surface area contributed by atoms with E-state index in [1.807, 2.05) is 0 Å². The predicted molar refractivity (Wildman–Crippen MR) is 98.6 cm³/mol. The average Bonchev–Trinajstić information content (AvgIpc) is 2.56. The maximum atomic E-state index is 12.0. The van der Waals surface area contributed by atoms with E-state index in [1.54, 1.807) is 44.1 Å². The van der Waals surface area contributed by atoms with Crippen LogP contribution in [0.5, 0.6) is 0 Å². The molecule has 148 valence electrons. The Morgan fingerprint density at radius 2 is 2.07 bits per heavy atom. The van der Waals surface area contributed by atoms with Crippen molar-refractivity contribution in [3.05, 3.63) is 24.0 Å². The van der Waals surface area contributed by atoms with Crippen molar-refractivity contribution in [2.75, 3.05) is 31.5 Å². The van der Waals surface area contributed by atoms with E-state index < -0.39 is 17.8 Å². The fourth-order valence-corrected chi connectivity index (χ4v) is 2.73. The van der Waals surface area contributed by atoms with E-state index in [2.05, 4.69) is 10.3 Å². The van der Waals surface area contributed by atoms with Gasteiger partial charge < -0.3 is 14.7 Å². The van der Waals surface area contributed by atoms with Gasteiger partial charge in [0.1, 0.15) is 12.1 Å². The number of piperazine rings is 1. The lowest BCUT2D eigenvalue weighted by atomic mass is 10.1. The van der Waals surface area contributed by atoms with Gasteiger partial charge in [-0.25, -0.2) is 9.59 Å². The third-order valence-electron chi connectivity index (χ3n) is 4.00. The van der Waals surface area contributed by atoms with Crippen LogP contribution in [0.1, 0.15) is 32.8 Å². The van der Waals surface area contributed by atoms with E-state index in [0.717, 1.165) is 10.5 Å². The van der Waals surface area contributed by atoms with Crippen LogP contribution < -0.4 is 5.32 Å². The van der Waals surface area contributed by atoms with Gasteiger partial charge in [-0.05, 0) is 45.2 Å². The lowest BCUT2D eigenvalue weighted by Gasteiger charge is -2.32. The normalized spacial score (nSPS) is 14.9. The van der Waals surface area contributed by atoms with Gasteiger partial charge >= 0.3 is 12.2 Å². The summed E-state index contributed by atoms with van der Waals surface area (Å²) >= 11 is 0. The molecule has 0 radical (unpaired) electrons. The van der Waals surface area contributed by atoms with Crippen molar-refractivity contribution < 1.29 is 24.2 Å². The fraction of sp³-hybridized carbons (Fsp3) is 0.556. The minimum atomic E-state index is -1.07. The van der Waals surface area contributed by atoms with E-state index in [9.17, 15) is 14.4 Å². The van der Waals surface area contributed by atoms with Crippen molar-refractivity contribution in [1.29, 1.82) is 0 Å². The molecule has 1 fully saturated rings. The van der Waals surface area contributed by atoms with Crippen LogP contribution in [0.15, 0.2) is 18.5 Å². The van der Waals surface area contributed by atoms with Gasteiger partial charge in [0.05, 0.1) is 5.69 Å². The van der Waals surface area contributed by atoms with Crippen LogP contribution in [0.3, 0.4) is 0 Å².